The third kappa shape index (κ3) is 5.20. The van der Waals surface area contributed by atoms with Crippen molar-refractivity contribution in [3.8, 4) is 17.2 Å². The van der Waals surface area contributed by atoms with Gasteiger partial charge in [0.1, 0.15) is 17.2 Å². The summed E-state index contributed by atoms with van der Waals surface area (Å²) in [5.41, 5.74) is 2.74. The van der Waals surface area contributed by atoms with E-state index in [-0.39, 0.29) is 18.4 Å². The van der Waals surface area contributed by atoms with Crippen molar-refractivity contribution in [3.05, 3.63) is 52.6 Å². The Labute approximate surface area is 166 Å². The summed E-state index contributed by atoms with van der Waals surface area (Å²) in [6.45, 7) is 5.62. The molecule has 0 radical (unpaired) electrons. The lowest BCUT2D eigenvalue weighted by Gasteiger charge is -2.09. The average Bonchev–Trinajstić information content (AvgIpc) is 3.28. The number of thiazole rings is 1. The van der Waals surface area contributed by atoms with Crippen molar-refractivity contribution in [1.29, 1.82) is 0 Å². The number of carbonyl (C=O) groups excluding carboxylic acids is 2. The minimum atomic E-state index is -0.285. The molecule has 2 heterocycles. The molecule has 8 heteroatoms. The lowest BCUT2D eigenvalue weighted by Crippen LogP contribution is -2.20. The summed E-state index contributed by atoms with van der Waals surface area (Å²) in [4.78, 5) is 27.5. The van der Waals surface area contributed by atoms with Crippen molar-refractivity contribution in [1.82, 2.24) is 10.3 Å². The van der Waals surface area contributed by atoms with E-state index in [1.54, 1.807) is 17.5 Å². The first-order valence-corrected chi connectivity index (χ1v) is 9.57. The Morgan fingerprint density at radius 3 is 2.79 bits per heavy atom. The Bertz CT molecular complexity index is 993. The molecule has 0 spiro atoms. The van der Waals surface area contributed by atoms with Gasteiger partial charge in [0.05, 0.1) is 6.54 Å². The number of nitrogens with one attached hydrogen (secondary N) is 2. The monoisotopic (exact) mass is 399 g/mol. The van der Waals surface area contributed by atoms with Crippen LogP contribution in [-0.2, 0) is 16.1 Å². The molecule has 2 amide bonds. The van der Waals surface area contributed by atoms with E-state index >= 15 is 0 Å². The molecule has 1 aromatic carbocycles. The number of nitrogens with zero attached hydrogens (tertiary/aromatic N) is 1. The zero-order valence-corrected chi connectivity index (χ0v) is 16.7. The number of hydrogen-bond acceptors (Lipinski definition) is 6. The van der Waals surface area contributed by atoms with Crippen molar-refractivity contribution < 1.29 is 18.7 Å². The summed E-state index contributed by atoms with van der Waals surface area (Å²) in [5.74, 6) is 1.48. The third-order valence-electron chi connectivity index (χ3n) is 3.87. The molecule has 0 atom stereocenters. The summed E-state index contributed by atoms with van der Waals surface area (Å²) in [5, 5.41) is 7.65. The molecular formula is C20H21N3O4S. The van der Waals surface area contributed by atoms with Crippen LogP contribution in [0.5, 0.6) is 5.75 Å². The minimum absolute atomic E-state index is 0.0968. The fourth-order valence-electron chi connectivity index (χ4n) is 2.53. The maximum absolute atomic E-state index is 12.1. The maximum Gasteiger partial charge on any atom is 0.264 e. The van der Waals surface area contributed by atoms with Gasteiger partial charge < -0.3 is 14.5 Å². The SMILES string of the molecule is CC(=O)NCc1ccc(-c2csc(NC(=O)COc3ccc(C)cc3C)n2)o1. The van der Waals surface area contributed by atoms with Crippen LogP contribution >= 0.6 is 11.3 Å². The van der Waals surface area contributed by atoms with Gasteiger partial charge >= 0.3 is 0 Å². The zero-order valence-electron chi connectivity index (χ0n) is 15.9. The Morgan fingerprint density at radius 2 is 2.04 bits per heavy atom. The number of aryl methyl sites for hydroxylation is 2. The topological polar surface area (TPSA) is 93.5 Å². The van der Waals surface area contributed by atoms with E-state index in [1.165, 1.54) is 18.3 Å². The quantitative estimate of drug-likeness (QED) is 0.632. The smallest absolute Gasteiger partial charge is 0.264 e. The number of carbonyl (C=O) groups is 2. The number of furan rings is 1. The second kappa shape index (κ2) is 8.71. The van der Waals surface area contributed by atoms with Crippen molar-refractivity contribution in [2.24, 2.45) is 0 Å². The molecule has 2 aromatic heterocycles. The van der Waals surface area contributed by atoms with E-state index in [9.17, 15) is 9.59 Å². The summed E-state index contributed by atoms with van der Waals surface area (Å²) in [7, 11) is 0. The van der Waals surface area contributed by atoms with Crippen molar-refractivity contribution in [2.45, 2.75) is 27.3 Å². The standard InChI is InChI=1S/C20H21N3O4S/c1-12-4-6-17(13(2)8-12)26-10-19(25)23-20-22-16(11-28-20)18-7-5-15(27-18)9-21-14(3)24/h4-8,11H,9-10H2,1-3H3,(H,21,24)(H,22,23,25). The van der Waals surface area contributed by atoms with Gasteiger partial charge in [0, 0.05) is 12.3 Å². The molecule has 0 saturated heterocycles. The molecule has 0 aliphatic rings. The molecule has 0 bridgehead atoms. The Morgan fingerprint density at radius 1 is 1.21 bits per heavy atom. The van der Waals surface area contributed by atoms with Crippen molar-refractivity contribution in [3.63, 3.8) is 0 Å². The van der Waals surface area contributed by atoms with Crippen LogP contribution in [0.3, 0.4) is 0 Å². The van der Waals surface area contributed by atoms with Gasteiger partial charge in [0.25, 0.3) is 5.91 Å². The molecule has 2 N–H and O–H groups in total. The first-order valence-electron chi connectivity index (χ1n) is 8.69. The molecule has 0 aliphatic heterocycles. The van der Waals surface area contributed by atoms with Gasteiger partial charge in [-0.2, -0.15) is 0 Å². The number of amides is 2. The molecule has 0 aliphatic carbocycles. The van der Waals surface area contributed by atoms with Crippen LogP contribution in [-0.4, -0.2) is 23.4 Å². The molecule has 0 unspecified atom stereocenters. The molecule has 0 saturated carbocycles. The highest BCUT2D eigenvalue weighted by Gasteiger charge is 2.12. The fraction of sp³-hybridized carbons (Fsp3) is 0.250. The van der Waals surface area contributed by atoms with E-state index in [2.05, 4.69) is 15.6 Å². The number of rotatable bonds is 7. The summed E-state index contributed by atoms with van der Waals surface area (Å²) in [6, 6.07) is 9.36. The lowest BCUT2D eigenvalue weighted by molar-refractivity contribution is -0.119. The Balaban J connectivity index is 1.55. The van der Waals surface area contributed by atoms with Crippen LogP contribution in [0.1, 0.15) is 23.8 Å². The number of anilines is 1. The molecular weight excluding hydrogens is 378 g/mol. The van der Waals surface area contributed by atoms with Crippen LogP contribution in [0.4, 0.5) is 5.13 Å². The van der Waals surface area contributed by atoms with Gasteiger partial charge in [0.2, 0.25) is 5.91 Å². The van der Waals surface area contributed by atoms with Gasteiger partial charge in [-0.1, -0.05) is 17.7 Å². The number of ether oxygens (including phenoxy) is 1. The molecule has 3 aromatic rings. The average molecular weight is 399 g/mol. The highest BCUT2D eigenvalue weighted by molar-refractivity contribution is 7.14. The lowest BCUT2D eigenvalue weighted by atomic mass is 10.1. The molecule has 28 heavy (non-hydrogen) atoms. The van der Waals surface area contributed by atoms with Crippen LogP contribution < -0.4 is 15.4 Å². The number of hydrogen-bond donors (Lipinski definition) is 2. The highest BCUT2D eigenvalue weighted by atomic mass is 32.1. The van der Waals surface area contributed by atoms with Gasteiger partial charge in [-0.25, -0.2) is 4.98 Å². The third-order valence-corrected chi connectivity index (χ3v) is 4.62. The van der Waals surface area contributed by atoms with Crippen molar-refractivity contribution >= 4 is 28.3 Å². The van der Waals surface area contributed by atoms with Crippen LogP contribution in [0.2, 0.25) is 0 Å². The zero-order chi connectivity index (χ0) is 20.1. The number of aromatic nitrogens is 1. The predicted octanol–water partition coefficient (Wildman–Crippen LogP) is 3.67. The highest BCUT2D eigenvalue weighted by Crippen LogP contribution is 2.26. The fourth-order valence-corrected chi connectivity index (χ4v) is 3.24. The molecule has 0 fully saturated rings. The maximum atomic E-state index is 12.1. The summed E-state index contributed by atoms with van der Waals surface area (Å²) in [6.07, 6.45) is 0. The van der Waals surface area contributed by atoms with Gasteiger partial charge in [-0.15, -0.1) is 11.3 Å². The van der Waals surface area contributed by atoms with Crippen LogP contribution in [0, 0.1) is 13.8 Å². The Hall–Kier alpha value is -3.13. The van der Waals surface area contributed by atoms with E-state index in [0.717, 1.165) is 11.1 Å². The van der Waals surface area contributed by atoms with Gasteiger partial charge in [-0.3, -0.25) is 14.9 Å². The molecule has 3 rings (SSSR count). The second-order valence-electron chi connectivity index (χ2n) is 6.32. The largest absolute Gasteiger partial charge is 0.483 e. The van der Waals surface area contributed by atoms with E-state index in [4.69, 9.17) is 9.15 Å². The predicted molar refractivity (Wildman–Crippen MR) is 107 cm³/mol. The normalized spacial score (nSPS) is 10.5. The van der Waals surface area contributed by atoms with E-state index in [0.29, 0.717) is 34.6 Å². The molecule has 146 valence electrons. The minimum Gasteiger partial charge on any atom is -0.483 e. The molecule has 7 nitrogen and oxygen atoms in total. The first-order chi connectivity index (χ1) is 13.4. The van der Waals surface area contributed by atoms with Gasteiger partial charge in [-0.05, 0) is 37.6 Å². The second-order valence-corrected chi connectivity index (χ2v) is 7.18. The Kier molecular flexibility index (Phi) is 6.10. The first kappa shape index (κ1) is 19.6. The van der Waals surface area contributed by atoms with E-state index < -0.39 is 0 Å². The van der Waals surface area contributed by atoms with Crippen LogP contribution in [0.25, 0.3) is 11.5 Å². The summed E-state index contributed by atoms with van der Waals surface area (Å²) >= 11 is 1.30. The van der Waals surface area contributed by atoms with Crippen LogP contribution in [0.15, 0.2) is 40.1 Å². The number of benzene rings is 1. The summed E-state index contributed by atoms with van der Waals surface area (Å²) < 4.78 is 11.2. The van der Waals surface area contributed by atoms with Gasteiger partial charge in [0.15, 0.2) is 17.5 Å². The van der Waals surface area contributed by atoms with E-state index in [1.807, 2.05) is 32.0 Å². The van der Waals surface area contributed by atoms with Crippen molar-refractivity contribution in [2.75, 3.05) is 11.9 Å².